The third kappa shape index (κ3) is 3.20. The molecule has 1 unspecified atom stereocenters. The van der Waals surface area contributed by atoms with Gasteiger partial charge in [0.2, 0.25) is 0 Å². The second kappa shape index (κ2) is 4.52. The van der Waals surface area contributed by atoms with Crippen LogP contribution in [0.25, 0.3) is 0 Å². The SMILES string of the molecule is Cc1ccc(C(C)(C)CC(C)Cl)cc1F. The Morgan fingerprint density at radius 2 is 2.00 bits per heavy atom. The molecule has 0 radical (unpaired) electrons. The van der Waals surface area contributed by atoms with Gasteiger partial charge in [-0.3, -0.25) is 0 Å². The number of hydrogen-bond acceptors (Lipinski definition) is 0. The van der Waals surface area contributed by atoms with Crippen LogP contribution >= 0.6 is 11.6 Å². The van der Waals surface area contributed by atoms with Crippen molar-refractivity contribution in [2.45, 2.75) is 44.9 Å². The van der Waals surface area contributed by atoms with Gasteiger partial charge in [0.15, 0.2) is 0 Å². The lowest BCUT2D eigenvalue weighted by Crippen LogP contribution is -2.21. The van der Waals surface area contributed by atoms with Crippen molar-refractivity contribution in [3.63, 3.8) is 0 Å². The first-order valence-corrected chi connectivity index (χ1v) is 5.67. The van der Waals surface area contributed by atoms with E-state index in [1.54, 1.807) is 13.0 Å². The number of halogens is 2. The fraction of sp³-hybridized carbons (Fsp3) is 0.538. The standard InChI is InChI=1S/C13H18ClF/c1-9-5-6-11(7-12(9)15)13(3,4)8-10(2)14/h5-7,10H,8H2,1-4H3. The minimum Gasteiger partial charge on any atom is -0.207 e. The molecule has 0 saturated carbocycles. The van der Waals surface area contributed by atoms with Gasteiger partial charge in [-0.15, -0.1) is 11.6 Å². The molecule has 0 bridgehead atoms. The summed E-state index contributed by atoms with van der Waals surface area (Å²) in [6.07, 6.45) is 0.844. The Kier molecular flexibility index (Phi) is 3.77. The van der Waals surface area contributed by atoms with Crippen LogP contribution in [0.3, 0.4) is 0 Å². The van der Waals surface area contributed by atoms with Crippen molar-refractivity contribution in [3.05, 3.63) is 35.1 Å². The monoisotopic (exact) mass is 228 g/mol. The van der Waals surface area contributed by atoms with Crippen LogP contribution in [0.1, 0.15) is 38.3 Å². The number of alkyl halides is 1. The van der Waals surface area contributed by atoms with Crippen LogP contribution in [0.2, 0.25) is 0 Å². The van der Waals surface area contributed by atoms with Crippen molar-refractivity contribution >= 4 is 11.6 Å². The van der Waals surface area contributed by atoms with Crippen LogP contribution in [0.15, 0.2) is 18.2 Å². The molecule has 0 saturated heterocycles. The molecule has 1 aromatic rings. The molecule has 0 aliphatic rings. The molecule has 15 heavy (non-hydrogen) atoms. The van der Waals surface area contributed by atoms with Gasteiger partial charge in [-0.2, -0.15) is 0 Å². The Labute approximate surface area is 96.5 Å². The lowest BCUT2D eigenvalue weighted by molar-refractivity contribution is 0.472. The quantitative estimate of drug-likeness (QED) is 0.672. The molecule has 0 nitrogen and oxygen atoms in total. The maximum atomic E-state index is 13.4. The van der Waals surface area contributed by atoms with E-state index >= 15 is 0 Å². The van der Waals surface area contributed by atoms with Gasteiger partial charge in [0, 0.05) is 5.38 Å². The van der Waals surface area contributed by atoms with Crippen LogP contribution in [0, 0.1) is 12.7 Å². The first kappa shape index (κ1) is 12.5. The van der Waals surface area contributed by atoms with Gasteiger partial charge in [0.05, 0.1) is 0 Å². The molecule has 0 fully saturated rings. The van der Waals surface area contributed by atoms with E-state index in [1.165, 1.54) is 0 Å². The van der Waals surface area contributed by atoms with Crippen molar-refractivity contribution < 1.29 is 4.39 Å². The number of aryl methyl sites for hydroxylation is 1. The average Bonchev–Trinajstić information content (AvgIpc) is 2.07. The summed E-state index contributed by atoms with van der Waals surface area (Å²) in [6.45, 7) is 7.93. The topological polar surface area (TPSA) is 0 Å². The van der Waals surface area contributed by atoms with E-state index in [0.29, 0.717) is 5.56 Å². The number of hydrogen-bond donors (Lipinski definition) is 0. The molecule has 0 amide bonds. The first-order chi connectivity index (χ1) is 6.83. The molecule has 1 atom stereocenters. The van der Waals surface area contributed by atoms with Gasteiger partial charge in [0.25, 0.3) is 0 Å². The minimum atomic E-state index is -0.136. The second-order valence-corrected chi connectivity index (χ2v) is 5.58. The lowest BCUT2D eigenvalue weighted by atomic mass is 9.80. The van der Waals surface area contributed by atoms with Crippen LogP contribution in [0.5, 0.6) is 0 Å². The molecule has 1 rings (SSSR count). The van der Waals surface area contributed by atoms with Gasteiger partial charge < -0.3 is 0 Å². The van der Waals surface area contributed by atoms with Crippen molar-refractivity contribution in [2.75, 3.05) is 0 Å². The van der Waals surface area contributed by atoms with Crippen molar-refractivity contribution in [3.8, 4) is 0 Å². The summed E-state index contributed by atoms with van der Waals surface area (Å²) in [5, 5.41) is 0.101. The molecule has 84 valence electrons. The van der Waals surface area contributed by atoms with E-state index in [2.05, 4.69) is 13.8 Å². The summed E-state index contributed by atoms with van der Waals surface area (Å²) in [5.41, 5.74) is 1.63. The maximum Gasteiger partial charge on any atom is 0.126 e. The highest BCUT2D eigenvalue weighted by atomic mass is 35.5. The summed E-state index contributed by atoms with van der Waals surface area (Å²) in [4.78, 5) is 0. The molecule has 0 spiro atoms. The van der Waals surface area contributed by atoms with Crippen LogP contribution in [-0.2, 0) is 5.41 Å². The zero-order valence-electron chi connectivity index (χ0n) is 9.77. The van der Waals surface area contributed by atoms with E-state index in [1.807, 2.05) is 19.1 Å². The third-order valence-corrected chi connectivity index (χ3v) is 2.90. The summed E-state index contributed by atoms with van der Waals surface area (Å²) in [5.74, 6) is -0.136. The first-order valence-electron chi connectivity index (χ1n) is 5.23. The largest absolute Gasteiger partial charge is 0.207 e. The number of rotatable bonds is 3. The zero-order chi connectivity index (χ0) is 11.6. The third-order valence-electron chi connectivity index (χ3n) is 2.74. The van der Waals surface area contributed by atoms with E-state index in [0.717, 1.165) is 12.0 Å². The fourth-order valence-corrected chi connectivity index (χ4v) is 2.22. The molecule has 0 heterocycles. The fourth-order valence-electron chi connectivity index (χ4n) is 1.83. The normalized spacial score (nSPS) is 14.0. The van der Waals surface area contributed by atoms with Gasteiger partial charge in [-0.05, 0) is 42.9 Å². The highest BCUT2D eigenvalue weighted by Crippen LogP contribution is 2.30. The van der Waals surface area contributed by atoms with E-state index in [9.17, 15) is 4.39 Å². The maximum absolute atomic E-state index is 13.4. The van der Waals surface area contributed by atoms with Gasteiger partial charge in [0.1, 0.15) is 5.82 Å². The summed E-state index contributed by atoms with van der Waals surface area (Å²) >= 11 is 5.99. The second-order valence-electron chi connectivity index (χ2n) is 4.83. The lowest BCUT2D eigenvalue weighted by Gasteiger charge is -2.26. The molecule has 0 aliphatic carbocycles. The Hall–Kier alpha value is -0.560. The van der Waals surface area contributed by atoms with E-state index in [4.69, 9.17) is 11.6 Å². The Morgan fingerprint density at radius 1 is 1.40 bits per heavy atom. The highest BCUT2D eigenvalue weighted by Gasteiger charge is 2.23. The number of benzene rings is 1. The van der Waals surface area contributed by atoms with E-state index < -0.39 is 0 Å². The van der Waals surface area contributed by atoms with Crippen LogP contribution in [0.4, 0.5) is 4.39 Å². The molecular weight excluding hydrogens is 211 g/mol. The molecule has 0 aromatic heterocycles. The molecule has 0 N–H and O–H groups in total. The predicted octanol–water partition coefficient (Wildman–Crippen LogP) is 4.43. The molecular formula is C13H18ClF. The Bertz CT molecular complexity index is 342. The summed E-state index contributed by atoms with van der Waals surface area (Å²) in [6, 6.07) is 5.43. The summed E-state index contributed by atoms with van der Waals surface area (Å²) < 4.78 is 13.4. The Morgan fingerprint density at radius 3 is 2.47 bits per heavy atom. The van der Waals surface area contributed by atoms with Gasteiger partial charge in [-0.25, -0.2) is 4.39 Å². The predicted molar refractivity (Wildman–Crippen MR) is 64.1 cm³/mol. The zero-order valence-corrected chi connectivity index (χ0v) is 10.5. The van der Waals surface area contributed by atoms with Gasteiger partial charge >= 0.3 is 0 Å². The Balaban J connectivity index is 2.99. The molecule has 0 aliphatic heterocycles. The molecule has 2 heteroatoms. The smallest absolute Gasteiger partial charge is 0.126 e. The minimum absolute atomic E-state index is 0.0737. The highest BCUT2D eigenvalue weighted by molar-refractivity contribution is 6.20. The van der Waals surface area contributed by atoms with E-state index in [-0.39, 0.29) is 16.6 Å². The summed E-state index contributed by atoms with van der Waals surface area (Å²) in [7, 11) is 0. The average molecular weight is 229 g/mol. The molecule has 1 aromatic carbocycles. The van der Waals surface area contributed by atoms with Crippen LogP contribution < -0.4 is 0 Å². The van der Waals surface area contributed by atoms with Crippen molar-refractivity contribution in [1.82, 2.24) is 0 Å². The van der Waals surface area contributed by atoms with Crippen molar-refractivity contribution in [2.24, 2.45) is 0 Å². The van der Waals surface area contributed by atoms with Crippen molar-refractivity contribution in [1.29, 1.82) is 0 Å². The van der Waals surface area contributed by atoms with Gasteiger partial charge in [-0.1, -0.05) is 26.0 Å². The van der Waals surface area contributed by atoms with Crippen LogP contribution in [-0.4, -0.2) is 5.38 Å².